The summed E-state index contributed by atoms with van der Waals surface area (Å²) in [5, 5.41) is 10.9. The number of benzene rings is 4. The van der Waals surface area contributed by atoms with E-state index in [-0.39, 0.29) is 21.4 Å². The van der Waals surface area contributed by atoms with Gasteiger partial charge in [-0.1, -0.05) is 48.0 Å². The summed E-state index contributed by atoms with van der Waals surface area (Å²) in [6.45, 7) is 2.03. The number of hydrogen-bond donors (Lipinski definition) is 3. The normalized spacial score (nSPS) is 11.8. The Labute approximate surface area is 190 Å². The first-order valence-corrected chi connectivity index (χ1v) is 11.6. The van der Waals surface area contributed by atoms with E-state index < -0.39 is 10.1 Å². The predicted molar refractivity (Wildman–Crippen MR) is 127 cm³/mol. The van der Waals surface area contributed by atoms with Gasteiger partial charge in [-0.25, -0.2) is 4.98 Å². The molecule has 3 N–H and O–H groups in total. The van der Waals surface area contributed by atoms with Crippen molar-refractivity contribution in [3.05, 3.63) is 72.3 Å². The van der Waals surface area contributed by atoms with E-state index in [0.717, 1.165) is 11.1 Å². The lowest BCUT2D eigenvalue weighted by molar-refractivity contribution is 0.416. The average Bonchev–Trinajstić information content (AvgIpc) is 3.22. The molecule has 5 rings (SSSR count). The molecule has 0 aliphatic rings. The number of ether oxygens (including phenoxy) is 1. The van der Waals surface area contributed by atoms with Crippen molar-refractivity contribution < 1.29 is 22.8 Å². The third kappa shape index (κ3) is 3.59. The van der Waals surface area contributed by atoms with Crippen LogP contribution in [0.15, 0.2) is 71.6 Å². The van der Waals surface area contributed by atoms with Crippen LogP contribution < -0.4 is 4.74 Å². The Balaban J connectivity index is 1.73. The quantitative estimate of drug-likeness (QED) is 0.313. The summed E-state index contributed by atoms with van der Waals surface area (Å²) in [6, 6.07) is 19.7. The molecule has 166 valence electrons. The number of methoxy groups -OCH3 is 1. The zero-order valence-corrected chi connectivity index (χ0v) is 18.6. The number of imidazole rings is 1. The number of phenolic OH excluding ortho intramolecular Hbond substituents is 1. The Morgan fingerprint density at radius 3 is 2.39 bits per heavy atom. The number of hydrogen-bond acceptors (Lipinski definition) is 5. The molecule has 0 radical (unpaired) electrons. The SMILES string of the molecule is COc1cc(-c2ccc(C)cc2)ccc1-c1nc2c(cc(S(=O)(=O)O)c3cccc(O)c32)[nH]1. The molecule has 33 heavy (non-hydrogen) atoms. The van der Waals surface area contributed by atoms with Crippen molar-refractivity contribution in [3.8, 4) is 34.0 Å². The molecular weight excluding hydrogens is 440 g/mol. The van der Waals surface area contributed by atoms with E-state index in [2.05, 4.69) is 9.97 Å². The summed E-state index contributed by atoms with van der Waals surface area (Å²) >= 11 is 0. The Hall–Kier alpha value is -3.88. The number of rotatable bonds is 4. The van der Waals surface area contributed by atoms with E-state index in [4.69, 9.17) is 4.74 Å². The van der Waals surface area contributed by atoms with Crippen LogP contribution in [-0.2, 0) is 10.1 Å². The van der Waals surface area contributed by atoms with Crippen LogP contribution in [0.5, 0.6) is 11.5 Å². The number of fused-ring (bicyclic) bond motifs is 3. The minimum Gasteiger partial charge on any atom is -0.507 e. The zero-order valence-electron chi connectivity index (χ0n) is 17.8. The molecule has 0 bridgehead atoms. The lowest BCUT2D eigenvalue weighted by atomic mass is 10.0. The second-order valence-electron chi connectivity index (χ2n) is 7.81. The first-order valence-electron chi connectivity index (χ1n) is 10.1. The van der Waals surface area contributed by atoms with Crippen LogP contribution in [0.2, 0.25) is 0 Å². The van der Waals surface area contributed by atoms with Crippen LogP contribution in [0.3, 0.4) is 0 Å². The molecular formula is C25H20N2O5S. The van der Waals surface area contributed by atoms with Gasteiger partial charge in [0.1, 0.15) is 27.7 Å². The van der Waals surface area contributed by atoms with E-state index in [9.17, 15) is 18.1 Å². The Morgan fingerprint density at radius 1 is 0.970 bits per heavy atom. The van der Waals surface area contributed by atoms with Crippen molar-refractivity contribution in [2.24, 2.45) is 0 Å². The summed E-state index contributed by atoms with van der Waals surface area (Å²) in [5.41, 5.74) is 4.60. The number of aryl methyl sites for hydroxylation is 1. The maximum absolute atomic E-state index is 12.0. The molecule has 0 atom stereocenters. The van der Waals surface area contributed by atoms with Gasteiger partial charge in [0.15, 0.2) is 0 Å². The molecule has 0 spiro atoms. The third-order valence-electron chi connectivity index (χ3n) is 5.67. The fraction of sp³-hybridized carbons (Fsp3) is 0.0800. The van der Waals surface area contributed by atoms with E-state index in [0.29, 0.717) is 28.2 Å². The fourth-order valence-electron chi connectivity index (χ4n) is 4.04. The lowest BCUT2D eigenvalue weighted by Crippen LogP contribution is -1.99. The minimum absolute atomic E-state index is 0.136. The Bertz CT molecular complexity index is 1640. The topological polar surface area (TPSA) is 113 Å². The molecule has 1 aromatic heterocycles. The largest absolute Gasteiger partial charge is 0.507 e. The molecule has 7 nitrogen and oxygen atoms in total. The van der Waals surface area contributed by atoms with Gasteiger partial charge in [0.25, 0.3) is 10.1 Å². The Kier molecular flexibility index (Phi) is 4.84. The number of phenols is 1. The van der Waals surface area contributed by atoms with Gasteiger partial charge in [-0.3, -0.25) is 4.55 Å². The highest BCUT2D eigenvalue weighted by atomic mass is 32.2. The number of aromatic amines is 1. The molecule has 0 aliphatic heterocycles. The van der Waals surface area contributed by atoms with Crippen molar-refractivity contribution in [1.82, 2.24) is 9.97 Å². The van der Waals surface area contributed by atoms with Gasteiger partial charge >= 0.3 is 0 Å². The molecule has 8 heteroatoms. The third-order valence-corrected chi connectivity index (χ3v) is 6.56. The minimum atomic E-state index is -4.53. The van der Waals surface area contributed by atoms with Crippen molar-refractivity contribution >= 4 is 31.9 Å². The number of nitrogens with zero attached hydrogens (tertiary/aromatic N) is 1. The molecule has 4 aromatic carbocycles. The molecule has 0 unspecified atom stereocenters. The van der Waals surface area contributed by atoms with Crippen LogP contribution in [0.1, 0.15) is 5.56 Å². The highest BCUT2D eigenvalue weighted by Gasteiger charge is 2.21. The first kappa shape index (κ1) is 21.0. The first-order chi connectivity index (χ1) is 15.8. The van der Waals surface area contributed by atoms with Crippen LogP contribution in [0, 0.1) is 6.92 Å². The van der Waals surface area contributed by atoms with Gasteiger partial charge in [0.05, 0.1) is 23.6 Å². The summed E-state index contributed by atoms with van der Waals surface area (Å²) in [5.74, 6) is 0.882. The van der Waals surface area contributed by atoms with Crippen LogP contribution >= 0.6 is 0 Å². The molecule has 0 saturated heterocycles. The van der Waals surface area contributed by atoms with Crippen LogP contribution in [-0.4, -0.2) is 35.2 Å². The second kappa shape index (κ2) is 7.61. The maximum Gasteiger partial charge on any atom is 0.295 e. The number of H-pyrrole nitrogens is 1. The van der Waals surface area contributed by atoms with E-state index in [1.807, 2.05) is 49.4 Å². The smallest absolute Gasteiger partial charge is 0.295 e. The van der Waals surface area contributed by atoms with Gasteiger partial charge in [-0.15, -0.1) is 0 Å². The van der Waals surface area contributed by atoms with Crippen molar-refractivity contribution in [2.45, 2.75) is 11.8 Å². The summed E-state index contributed by atoms with van der Waals surface area (Å²) in [4.78, 5) is 7.45. The molecule has 5 aromatic rings. The highest BCUT2D eigenvalue weighted by Crippen LogP contribution is 2.39. The molecule has 0 fully saturated rings. The Morgan fingerprint density at radius 2 is 1.70 bits per heavy atom. The van der Waals surface area contributed by atoms with Crippen LogP contribution in [0.25, 0.3) is 44.3 Å². The van der Waals surface area contributed by atoms with Crippen LogP contribution in [0.4, 0.5) is 0 Å². The van der Waals surface area contributed by atoms with Gasteiger partial charge in [-0.2, -0.15) is 8.42 Å². The van der Waals surface area contributed by atoms with Gasteiger partial charge in [0.2, 0.25) is 0 Å². The highest BCUT2D eigenvalue weighted by molar-refractivity contribution is 7.86. The summed E-state index contributed by atoms with van der Waals surface area (Å²) < 4.78 is 39.3. The standard InChI is InChI=1S/C25H20N2O5S/c1-14-6-8-15(9-7-14)16-10-11-17(21(12-16)32-2)25-26-19-13-22(33(29,30)31)18-4-3-5-20(28)23(18)24(19)27-25/h3-13,28H,1-2H3,(H,26,27)(H,29,30,31). The second-order valence-corrected chi connectivity index (χ2v) is 9.20. The number of aromatic nitrogens is 2. The van der Waals surface area contributed by atoms with Gasteiger partial charge in [-0.05, 0) is 42.3 Å². The number of nitrogens with one attached hydrogen (secondary N) is 1. The molecule has 0 amide bonds. The molecule has 0 saturated carbocycles. The van der Waals surface area contributed by atoms with Crippen molar-refractivity contribution in [3.63, 3.8) is 0 Å². The summed E-state index contributed by atoms with van der Waals surface area (Å²) in [6.07, 6.45) is 0. The molecule has 0 aliphatic carbocycles. The van der Waals surface area contributed by atoms with E-state index in [1.165, 1.54) is 29.8 Å². The monoisotopic (exact) mass is 460 g/mol. The lowest BCUT2D eigenvalue weighted by Gasteiger charge is -2.09. The zero-order chi connectivity index (χ0) is 23.3. The maximum atomic E-state index is 12.0. The van der Waals surface area contributed by atoms with Gasteiger partial charge < -0.3 is 14.8 Å². The predicted octanol–water partition coefficient (Wildman–Crippen LogP) is 5.32. The average molecular weight is 461 g/mol. The number of aromatic hydroxyl groups is 1. The fourth-order valence-corrected chi connectivity index (χ4v) is 4.75. The molecule has 1 heterocycles. The van der Waals surface area contributed by atoms with E-state index >= 15 is 0 Å². The van der Waals surface area contributed by atoms with Crippen molar-refractivity contribution in [1.29, 1.82) is 0 Å². The van der Waals surface area contributed by atoms with Crippen molar-refractivity contribution in [2.75, 3.05) is 7.11 Å². The van der Waals surface area contributed by atoms with E-state index in [1.54, 1.807) is 7.11 Å². The summed E-state index contributed by atoms with van der Waals surface area (Å²) in [7, 11) is -2.96. The van der Waals surface area contributed by atoms with Gasteiger partial charge in [0, 0.05) is 5.39 Å².